The van der Waals surface area contributed by atoms with Crippen molar-refractivity contribution in [3.63, 3.8) is 0 Å². The number of hydrogen-bond acceptors (Lipinski definition) is 7. The Labute approximate surface area is 180 Å². The summed E-state index contributed by atoms with van der Waals surface area (Å²) in [7, 11) is 0. The molecule has 3 amide bonds. The van der Waals surface area contributed by atoms with E-state index in [4.69, 9.17) is 14.9 Å². The normalized spacial score (nSPS) is 17.8. The molecule has 1 aromatic carbocycles. The van der Waals surface area contributed by atoms with Gasteiger partial charge in [0.05, 0.1) is 24.8 Å². The van der Waals surface area contributed by atoms with Crippen molar-refractivity contribution in [1.29, 1.82) is 5.41 Å². The Bertz CT molecular complexity index is 865. The van der Waals surface area contributed by atoms with E-state index in [-0.39, 0.29) is 43.5 Å². The molecule has 1 aromatic rings. The number of aliphatic hydroxyl groups excluding tert-OH is 1. The molecule has 1 unspecified atom stereocenters. The SMILES string of the molecule is CCOC(=O)NC(=N)c1ccc2c(c1)OCCN(C(C)C(=O)N1CCC(O)CC1)C2=O. The van der Waals surface area contributed by atoms with E-state index < -0.39 is 12.1 Å². The van der Waals surface area contributed by atoms with Crippen molar-refractivity contribution < 1.29 is 29.0 Å². The van der Waals surface area contributed by atoms with Crippen molar-refractivity contribution in [3.05, 3.63) is 29.3 Å². The van der Waals surface area contributed by atoms with Crippen LogP contribution in [0, 0.1) is 5.41 Å². The van der Waals surface area contributed by atoms with Crippen LogP contribution in [0.15, 0.2) is 18.2 Å². The Kier molecular flexibility index (Phi) is 7.11. The number of carbonyl (C=O) groups excluding carboxylic acids is 3. The van der Waals surface area contributed by atoms with Crippen LogP contribution in [-0.4, -0.2) is 83.6 Å². The largest absolute Gasteiger partial charge is 0.491 e. The molecule has 0 aliphatic carbocycles. The maximum absolute atomic E-state index is 13.2. The first kappa shape index (κ1) is 22.5. The van der Waals surface area contributed by atoms with Crippen LogP contribution in [0.3, 0.4) is 0 Å². The monoisotopic (exact) mass is 432 g/mol. The lowest BCUT2D eigenvalue weighted by Crippen LogP contribution is -2.52. The van der Waals surface area contributed by atoms with E-state index in [1.54, 1.807) is 18.7 Å². The second kappa shape index (κ2) is 9.78. The zero-order valence-electron chi connectivity index (χ0n) is 17.7. The molecule has 0 spiro atoms. The van der Waals surface area contributed by atoms with Crippen LogP contribution in [0.5, 0.6) is 5.75 Å². The molecular weight excluding hydrogens is 404 g/mol. The van der Waals surface area contributed by atoms with Crippen LogP contribution < -0.4 is 10.1 Å². The molecule has 0 radical (unpaired) electrons. The summed E-state index contributed by atoms with van der Waals surface area (Å²) in [5.41, 5.74) is 0.656. The fourth-order valence-corrected chi connectivity index (χ4v) is 3.68. The average Bonchev–Trinajstić information content (AvgIpc) is 2.91. The number of amidine groups is 1. The van der Waals surface area contributed by atoms with Crippen LogP contribution in [0.4, 0.5) is 4.79 Å². The minimum atomic E-state index is -0.733. The Hall–Kier alpha value is -3.14. The fourth-order valence-electron chi connectivity index (χ4n) is 3.68. The predicted molar refractivity (Wildman–Crippen MR) is 111 cm³/mol. The van der Waals surface area contributed by atoms with Gasteiger partial charge in [-0.25, -0.2) is 4.79 Å². The van der Waals surface area contributed by atoms with Crippen molar-refractivity contribution in [1.82, 2.24) is 15.1 Å². The lowest BCUT2D eigenvalue weighted by molar-refractivity contribution is -0.137. The van der Waals surface area contributed by atoms with Gasteiger partial charge in [-0.05, 0) is 38.8 Å². The van der Waals surface area contributed by atoms with E-state index >= 15 is 0 Å². The Balaban J connectivity index is 1.73. The van der Waals surface area contributed by atoms with Crippen molar-refractivity contribution in [3.8, 4) is 5.75 Å². The van der Waals surface area contributed by atoms with Crippen molar-refractivity contribution in [2.75, 3.05) is 32.8 Å². The maximum atomic E-state index is 13.2. The van der Waals surface area contributed by atoms with E-state index in [9.17, 15) is 19.5 Å². The highest BCUT2D eigenvalue weighted by molar-refractivity contribution is 6.06. The number of alkyl carbamates (subject to hydrolysis) is 1. The van der Waals surface area contributed by atoms with Gasteiger partial charge in [-0.15, -0.1) is 0 Å². The standard InChI is InChI=1S/C21H28N4O6/c1-3-30-21(29)23-18(22)14-4-5-16-17(12-14)31-11-10-25(20(16)28)13(2)19(27)24-8-6-15(26)7-9-24/h4-5,12-13,15,26H,3,6-11H2,1-2H3,(H2,22,23,29). The highest BCUT2D eigenvalue weighted by Gasteiger charge is 2.34. The lowest BCUT2D eigenvalue weighted by atomic mass is 10.1. The summed E-state index contributed by atoms with van der Waals surface area (Å²) in [6, 6.07) is 3.92. The van der Waals surface area contributed by atoms with Crippen LogP contribution in [-0.2, 0) is 9.53 Å². The molecular formula is C21H28N4O6. The zero-order chi connectivity index (χ0) is 22.5. The van der Waals surface area contributed by atoms with Crippen LogP contribution in [0.2, 0.25) is 0 Å². The molecule has 0 aromatic heterocycles. The van der Waals surface area contributed by atoms with Gasteiger partial charge in [-0.2, -0.15) is 0 Å². The molecule has 2 aliphatic rings. The van der Waals surface area contributed by atoms with E-state index in [2.05, 4.69) is 5.32 Å². The zero-order valence-corrected chi connectivity index (χ0v) is 17.7. The third-order valence-corrected chi connectivity index (χ3v) is 5.45. The Morgan fingerprint density at radius 2 is 2.03 bits per heavy atom. The second-order valence-electron chi connectivity index (χ2n) is 7.51. The number of nitrogens with zero attached hydrogens (tertiary/aromatic N) is 2. The smallest absolute Gasteiger partial charge is 0.412 e. The predicted octanol–water partition coefficient (Wildman–Crippen LogP) is 0.964. The number of amides is 3. The second-order valence-corrected chi connectivity index (χ2v) is 7.51. The van der Waals surface area contributed by atoms with E-state index in [1.165, 1.54) is 23.1 Å². The quantitative estimate of drug-likeness (QED) is 0.480. The van der Waals surface area contributed by atoms with Crippen molar-refractivity contribution >= 4 is 23.7 Å². The highest BCUT2D eigenvalue weighted by Crippen LogP contribution is 2.26. The number of benzene rings is 1. The molecule has 10 nitrogen and oxygen atoms in total. The molecule has 3 rings (SSSR count). The highest BCUT2D eigenvalue weighted by atomic mass is 16.5. The van der Waals surface area contributed by atoms with Crippen LogP contribution >= 0.6 is 0 Å². The number of rotatable bonds is 4. The molecule has 1 fully saturated rings. The van der Waals surface area contributed by atoms with Gasteiger partial charge in [-0.3, -0.25) is 20.3 Å². The lowest BCUT2D eigenvalue weighted by Gasteiger charge is -2.35. The first-order valence-corrected chi connectivity index (χ1v) is 10.4. The topological polar surface area (TPSA) is 132 Å². The van der Waals surface area contributed by atoms with Gasteiger partial charge in [-0.1, -0.05) is 6.07 Å². The first-order chi connectivity index (χ1) is 14.8. The maximum Gasteiger partial charge on any atom is 0.412 e. The average molecular weight is 432 g/mol. The molecule has 2 aliphatic heterocycles. The van der Waals surface area contributed by atoms with Crippen LogP contribution in [0.1, 0.15) is 42.6 Å². The molecule has 1 saturated heterocycles. The fraction of sp³-hybridized carbons (Fsp3) is 0.524. The molecule has 168 valence electrons. The molecule has 3 N–H and O–H groups in total. The molecule has 0 bridgehead atoms. The van der Waals surface area contributed by atoms with Gasteiger partial charge < -0.3 is 24.4 Å². The van der Waals surface area contributed by atoms with Gasteiger partial charge in [0, 0.05) is 18.7 Å². The van der Waals surface area contributed by atoms with Crippen molar-refractivity contribution in [2.24, 2.45) is 0 Å². The molecule has 1 atom stereocenters. The van der Waals surface area contributed by atoms with Gasteiger partial charge in [0.2, 0.25) is 5.91 Å². The number of fused-ring (bicyclic) bond motifs is 1. The minimum Gasteiger partial charge on any atom is -0.491 e. The summed E-state index contributed by atoms with van der Waals surface area (Å²) in [5.74, 6) is -0.363. The summed E-state index contributed by atoms with van der Waals surface area (Å²) in [5, 5.41) is 20.0. The minimum absolute atomic E-state index is 0.152. The van der Waals surface area contributed by atoms with E-state index in [1.807, 2.05) is 0 Å². The van der Waals surface area contributed by atoms with Gasteiger partial charge in [0.1, 0.15) is 24.2 Å². The number of ether oxygens (including phenoxy) is 2. The first-order valence-electron chi connectivity index (χ1n) is 10.4. The van der Waals surface area contributed by atoms with E-state index in [0.29, 0.717) is 42.8 Å². The molecule has 10 heteroatoms. The molecule has 2 heterocycles. The molecule has 31 heavy (non-hydrogen) atoms. The summed E-state index contributed by atoms with van der Waals surface area (Å²) < 4.78 is 10.5. The summed E-state index contributed by atoms with van der Waals surface area (Å²) in [6.07, 6.45) is -0.0475. The third kappa shape index (κ3) is 5.13. The van der Waals surface area contributed by atoms with Gasteiger partial charge >= 0.3 is 6.09 Å². The summed E-state index contributed by atoms with van der Waals surface area (Å²) in [4.78, 5) is 40.8. The Morgan fingerprint density at radius 1 is 1.32 bits per heavy atom. The van der Waals surface area contributed by atoms with E-state index in [0.717, 1.165) is 0 Å². The number of aliphatic hydroxyl groups is 1. The molecule has 0 saturated carbocycles. The van der Waals surface area contributed by atoms with Gasteiger partial charge in [0.15, 0.2) is 0 Å². The number of hydrogen-bond donors (Lipinski definition) is 3. The summed E-state index contributed by atoms with van der Waals surface area (Å²) in [6.45, 7) is 4.92. The van der Waals surface area contributed by atoms with Crippen molar-refractivity contribution in [2.45, 2.75) is 38.8 Å². The Morgan fingerprint density at radius 3 is 2.71 bits per heavy atom. The number of likely N-dealkylation sites (tertiary alicyclic amines) is 1. The van der Waals surface area contributed by atoms with Gasteiger partial charge in [0.25, 0.3) is 5.91 Å². The third-order valence-electron chi connectivity index (χ3n) is 5.45. The number of carbonyl (C=O) groups is 3. The number of nitrogens with one attached hydrogen (secondary N) is 2. The number of piperidine rings is 1. The van der Waals surface area contributed by atoms with Crippen LogP contribution in [0.25, 0.3) is 0 Å². The summed E-state index contributed by atoms with van der Waals surface area (Å²) >= 11 is 0.